The van der Waals surface area contributed by atoms with Crippen molar-refractivity contribution in [2.24, 2.45) is 10.7 Å². The summed E-state index contributed by atoms with van der Waals surface area (Å²) in [4.78, 5) is 18.0. The van der Waals surface area contributed by atoms with E-state index in [2.05, 4.69) is 14.7 Å². The first-order chi connectivity index (χ1) is 12.1. The zero-order valence-corrected chi connectivity index (χ0v) is 13.8. The molecule has 25 heavy (non-hydrogen) atoms. The molecule has 0 unspecified atom stereocenters. The zero-order chi connectivity index (χ0) is 17.8. The minimum atomic E-state index is -1.08. The molecule has 1 aromatic heterocycles. The highest BCUT2D eigenvalue weighted by Crippen LogP contribution is 2.26. The molecule has 0 radical (unpaired) electrons. The Balaban J connectivity index is 2.05. The third kappa shape index (κ3) is 3.58. The monoisotopic (exact) mass is 358 g/mol. The molecule has 0 fully saturated rings. The number of carbonyl (C=O) groups is 1. The molecule has 0 saturated carbocycles. The van der Waals surface area contributed by atoms with E-state index in [-0.39, 0.29) is 18.0 Å². The van der Waals surface area contributed by atoms with Gasteiger partial charge in [0.05, 0.1) is 12.2 Å². The van der Waals surface area contributed by atoms with Crippen LogP contribution < -0.4 is 10.5 Å². The predicted octanol–water partition coefficient (Wildman–Crippen LogP) is 3.00. The fourth-order valence-electron chi connectivity index (χ4n) is 2.52. The van der Waals surface area contributed by atoms with Gasteiger partial charge in [-0.1, -0.05) is 30.3 Å². The van der Waals surface area contributed by atoms with Gasteiger partial charge in [-0.05, 0) is 23.3 Å². The van der Waals surface area contributed by atoms with Crippen LogP contribution in [0.3, 0.4) is 0 Å². The van der Waals surface area contributed by atoms with Gasteiger partial charge in [0, 0.05) is 17.3 Å². The Morgan fingerprint density at radius 2 is 2.12 bits per heavy atom. The zero-order valence-electron chi connectivity index (χ0n) is 13.0. The van der Waals surface area contributed by atoms with E-state index in [4.69, 9.17) is 10.8 Å². The molecule has 2 heterocycles. The van der Waals surface area contributed by atoms with E-state index in [9.17, 15) is 8.68 Å². The van der Waals surface area contributed by atoms with Gasteiger partial charge < -0.3 is 15.8 Å². The van der Waals surface area contributed by atoms with Crippen molar-refractivity contribution in [3.05, 3.63) is 71.1 Å². The Bertz CT molecular complexity index is 887. The van der Waals surface area contributed by atoms with Crippen LogP contribution >= 0.6 is 12.3 Å². The number of aliphatic imine (C=N–C) groups is 1. The first kappa shape index (κ1) is 16.8. The number of nitrogens with zero attached hydrogens (tertiary/aromatic N) is 1. The molecule has 1 aliphatic rings. The van der Waals surface area contributed by atoms with Gasteiger partial charge in [-0.15, -0.1) is 3.89 Å². The first-order valence-electron chi connectivity index (χ1n) is 7.36. The fourth-order valence-corrected chi connectivity index (χ4v) is 2.77. The van der Waals surface area contributed by atoms with Crippen molar-refractivity contribution >= 4 is 35.4 Å². The maximum absolute atomic E-state index is 12.7. The number of halogens is 1. The summed E-state index contributed by atoms with van der Waals surface area (Å²) in [5.74, 6) is -0.776. The summed E-state index contributed by atoms with van der Waals surface area (Å²) in [5.41, 5.74) is 9.46. The van der Waals surface area contributed by atoms with Crippen LogP contribution in [0, 0.1) is 0 Å². The van der Waals surface area contributed by atoms with Crippen LogP contribution in [0.2, 0.25) is 0 Å². The van der Waals surface area contributed by atoms with Crippen molar-refractivity contribution in [1.82, 2.24) is 9.71 Å². The standard InChI is InChI=1S/C17H15FN4O2S/c18-25-22-16-13(15(19)12-7-14(17(23)24)20-9-12)6-11(8-21-16)10-4-2-1-3-5-10/h1-7,9,20H,8,19H2,(H,21,22)(H,23,24). The van der Waals surface area contributed by atoms with Crippen LogP contribution in [0.5, 0.6) is 0 Å². The van der Waals surface area contributed by atoms with Crippen molar-refractivity contribution in [2.75, 3.05) is 6.54 Å². The van der Waals surface area contributed by atoms with Gasteiger partial charge in [-0.3, -0.25) is 9.71 Å². The summed E-state index contributed by atoms with van der Waals surface area (Å²) in [6.07, 6.45) is 3.33. The number of nitrogens with two attached hydrogens (primary N) is 1. The molecule has 0 saturated heterocycles. The molecule has 128 valence electrons. The normalized spacial score (nSPS) is 16.0. The average Bonchev–Trinajstić information content (AvgIpc) is 3.13. The number of H-pyrrole nitrogens is 1. The summed E-state index contributed by atoms with van der Waals surface area (Å²) in [6, 6.07) is 11.1. The number of carboxylic acids is 1. The maximum Gasteiger partial charge on any atom is 0.352 e. The van der Waals surface area contributed by atoms with E-state index in [0.717, 1.165) is 11.1 Å². The van der Waals surface area contributed by atoms with Crippen molar-refractivity contribution in [3.8, 4) is 0 Å². The first-order valence-corrected chi connectivity index (χ1v) is 8.08. The van der Waals surface area contributed by atoms with E-state index >= 15 is 0 Å². The van der Waals surface area contributed by atoms with Crippen molar-refractivity contribution in [2.45, 2.75) is 0 Å². The number of nitrogens with one attached hydrogen (secondary N) is 2. The Morgan fingerprint density at radius 1 is 1.36 bits per heavy atom. The molecule has 0 bridgehead atoms. The van der Waals surface area contributed by atoms with E-state index in [0.29, 0.717) is 29.2 Å². The second kappa shape index (κ2) is 7.27. The Labute approximate surface area is 147 Å². The summed E-state index contributed by atoms with van der Waals surface area (Å²) in [5, 5.41) is 9.03. The number of hydrogen-bond acceptors (Lipinski definition) is 5. The highest BCUT2D eigenvalue weighted by Gasteiger charge is 2.19. The fraction of sp³-hybridized carbons (Fsp3) is 0.0588. The Hall–Kier alpha value is -3.00. The van der Waals surface area contributed by atoms with Gasteiger partial charge in [0.15, 0.2) is 12.3 Å². The van der Waals surface area contributed by atoms with Crippen molar-refractivity contribution < 1.29 is 13.8 Å². The second-order valence-electron chi connectivity index (χ2n) is 5.31. The minimum Gasteiger partial charge on any atom is -0.477 e. The van der Waals surface area contributed by atoms with Gasteiger partial charge >= 0.3 is 5.97 Å². The van der Waals surface area contributed by atoms with E-state index in [1.54, 1.807) is 0 Å². The molecule has 0 spiro atoms. The van der Waals surface area contributed by atoms with Gasteiger partial charge in [-0.2, -0.15) is 0 Å². The topological polar surface area (TPSA) is 103 Å². The summed E-state index contributed by atoms with van der Waals surface area (Å²) in [7, 11) is 0. The van der Waals surface area contributed by atoms with Crippen LogP contribution in [0.1, 0.15) is 21.6 Å². The molecule has 1 aromatic carbocycles. The number of rotatable bonds is 4. The number of amidine groups is 1. The van der Waals surface area contributed by atoms with Crippen LogP contribution in [0.15, 0.2) is 59.2 Å². The summed E-state index contributed by atoms with van der Waals surface area (Å²) in [6.45, 7) is 0.386. The van der Waals surface area contributed by atoms with Crippen LogP contribution in [-0.4, -0.2) is 28.4 Å². The molecule has 2 aromatic rings. The molecular weight excluding hydrogens is 343 g/mol. The third-order valence-corrected chi connectivity index (χ3v) is 4.05. The van der Waals surface area contributed by atoms with Crippen LogP contribution in [0.4, 0.5) is 3.89 Å². The van der Waals surface area contributed by atoms with E-state index < -0.39 is 5.97 Å². The maximum atomic E-state index is 12.7. The molecule has 0 atom stereocenters. The lowest BCUT2D eigenvalue weighted by Crippen LogP contribution is -2.23. The average molecular weight is 358 g/mol. The molecule has 0 amide bonds. The number of aromatic nitrogens is 1. The molecule has 3 rings (SSSR count). The lowest BCUT2D eigenvalue weighted by Gasteiger charge is -2.18. The minimum absolute atomic E-state index is 0.0212. The van der Waals surface area contributed by atoms with E-state index in [1.807, 2.05) is 36.4 Å². The summed E-state index contributed by atoms with van der Waals surface area (Å²) < 4.78 is 15.2. The molecule has 6 nitrogen and oxygen atoms in total. The van der Waals surface area contributed by atoms with Gasteiger partial charge in [0.2, 0.25) is 0 Å². The Kier molecular flexibility index (Phi) is 4.90. The highest BCUT2D eigenvalue weighted by atomic mass is 32.2. The second-order valence-corrected chi connectivity index (χ2v) is 5.67. The Morgan fingerprint density at radius 3 is 2.76 bits per heavy atom. The molecular formula is C17H15FN4O2S. The number of aromatic amines is 1. The quantitative estimate of drug-likeness (QED) is 0.629. The molecule has 1 aliphatic heterocycles. The van der Waals surface area contributed by atoms with Crippen LogP contribution in [-0.2, 0) is 0 Å². The van der Waals surface area contributed by atoms with Crippen molar-refractivity contribution in [1.29, 1.82) is 0 Å². The number of benzene rings is 1. The predicted molar refractivity (Wildman–Crippen MR) is 97.4 cm³/mol. The largest absolute Gasteiger partial charge is 0.477 e. The van der Waals surface area contributed by atoms with Gasteiger partial charge in [-0.25, -0.2) is 4.79 Å². The lowest BCUT2D eigenvalue weighted by atomic mass is 9.98. The third-order valence-electron chi connectivity index (χ3n) is 3.78. The molecule has 0 aliphatic carbocycles. The molecule has 8 heteroatoms. The molecule has 5 N–H and O–H groups in total. The summed E-state index contributed by atoms with van der Waals surface area (Å²) >= 11 is -0.0701. The number of carboxylic acid groups (broad SMARTS) is 1. The lowest BCUT2D eigenvalue weighted by molar-refractivity contribution is 0.0691. The van der Waals surface area contributed by atoms with Crippen LogP contribution in [0.25, 0.3) is 11.3 Å². The SMILES string of the molecule is NC(=C1C=C(c2ccccc2)CN=C1NSF)c1c[nH]c(C(=O)O)c1. The number of dihydropyridines is 1. The number of aromatic carboxylic acids is 1. The van der Waals surface area contributed by atoms with Gasteiger partial charge in [0.25, 0.3) is 0 Å². The van der Waals surface area contributed by atoms with E-state index in [1.165, 1.54) is 12.3 Å². The smallest absolute Gasteiger partial charge is 0.352 e. The highest BCUT2D eigenvalue weighted by molar-refractivity contribution is 7.92. The van der Waals surface area contributed by atoms with Crippen molar-refractivity contribution in [3.63, 3.8) is 0 Å². The number of hydrogen-bond donors (Lipinski definition) is 4. The van der Waals surface area contributed by atoms with Gasteiger partial charge in [0.1, 0.15) is 11.5 Å².